The molecule has 1 unspecified atom stereocenters. The molecule has 0 saturated carbocycles. The lowest BCUT2D eigenvalue weighted by Crippen LogP contribution is -2.11. The van der Waals surface area contributed by atoms with Crippen molar-refractivity contribution in [3.05, 3.63) is 29.8 Å². The second-order valence-corrected chi connectivity index (χ2v) is 3.96. The summed E-state index contributed by atoms with van der Waals surface area (Å²) < 4.78 is 10.6. The van der Waals surface area contributed by atoms with Crippen LogP contribution in [-0.4, -0.2) is 19.0 Å². The minimum Gasteiger partial charge on any atom is -0.491 e. The van der Waals surface area contributed by atoms with Crippen molar-refractivity contribution in [1.82, 2.24) is 0 Å². The molecule has 16 heavy (non-hydrogen) atoms. The van der Waals surface area contributed by atoms with E-state index in [9.17, 15) is 4.79 Å². The Balaban J connectivity index is 2.81. The molecule has 1 rings (SSSR count). The highest BCUT2D eigenvalue weighted by Gasteiger charge is 2.15. The van der Waals surface area contributed by atoms with Crippen LogP contribution >= 0.6 is 0 Å². The van der Waals surface area contributed by atoms with Crippen LogP contribution in [0.5, 0.6) is 5.75 Å². The largest absolute Gasteiger partial charge is 0.491 e. The smallest absolute Gasteiger partial charge is 0.163 e. The molecular formula is C13H18O3. The molecule has 0 bridgehead atoms. The molecule has 0 saturated heterocycles. The van der Waals surface area contributed by atoms with Crippen LogP contribution in [0.1, 0.15) is 32.4 Å². The van der Waals surface area contributed by atoms with Crippen molar-refractivity contribution in [2.45, 2.75) is 33.0 Å². The van der Waals surface area contributed by atoms with E-state index in [2.05, 4.69) is 0 Å². The molecule has 1 aromatic rings. The predicted octanol–water partition coefficient (Wildman–Crippen LogP) is 2.75. The maximum Gasteiger partial charge on any atom is 0.163 e. The summed E-state index contributed by atoms with van der Waals surface area (Å²) in [6.07, 6.45) is -0.329. The van der Waals surface area contributed by atoms with Gasteiger partial charge in [0, 0.05) is 7.11 Å². The van der Waals surface area contributed by atoms with Gasteiger partial charge < -0.3 is 9.47 Å². The Hall–Kier alpha value is -1.35. The van der Waals surface area contributed by atoms with Gasteiger partial charge in [-0.15, -0.1) is 0 Å². The van der Waals surface area contributed by atoms with Crippen molar-refractivity contribution in [3.63, 3.8) is 0 Å². The Morgan fingerprint density at radius 2 is 1.75 bits per heavy atom. The van der Waals surface area contributed by atoms with E-state index in [1.165, 1.54) is 14.0 Å². The van der Waals surface area contributed by atoms with Crippen molar-refractivity contribution in [2.75, 3.05) is 7.11 Å². The Kier molecular flexibility index (Phi) is 4.50. The number of carbonyl (C=O) groups is 1. The molecule has 0 amide bonds. The lowest BCUT2D eigenvalue weighted by molar-refractivity contribution is -0.126. The van der Waals surface area contributed by atoms with Gasteiger partial charge in [-0.05, 0) is 38.5 Å². The molecular weight excluding hydrogens is 204 g/mol. The molecule has 88 valence electrons. The van der Waals surface area contributed by atoms with Gasteiger partial charge in [0.2, 0.25) is 0 Å². The van der Waals surface area contributed by atoms with Crippen molar-refractivity contribution in [3.8, 4) is 5.75 Å². The van der Waals surface area contributed by atoms with Gasteiger partial charge >= 0.3 is 0 Å². The van der Waals surface area contributed by atoms with E-state index in [1.54, 1.807) is 0 Å². The van der Waals surface area contributed by atoms with Gasteiger partial charge in [0.1, 0.15) is 11.9 Å². The fourth-order valence-corrected chi connectivity index (χ4v) is 1.53. The third-order valence-electron chi connectivity index (χ3n) is 2.16. The molecule has 0 heterocycles. The number of hydrogen-bond donors (Lipinski definition) is 0. The summed E-state index contributed by atoms with van der Waals surface area (Å²) in [4.78, 5) is 11.3. The van der Waals surface area contributed by atoms with Crippen LogP contribution in [0.25, 0.3) is 0 Å². The standard InChI is InChI=1S/C13H18O3/c1-9(2)16-12-7-5-11(6-8-12)13(15-4)10(3)14/h5-9,13H,1-4H3. The first-order chi connectivity index (χ1) is 7.54. The maximum absolute atomic E-state index is 11.3. The van der Waals surface area contributed by atoms with E-state index >= 15 is 0 Å². The minimum atomic E-state index is -0.479. The minimum absolute atomic E-state index is 0.0000259. The Bertz CT molecular complexity index is 341. The highest BCUT2D eigenvalue weighted by molar-refractivity contribution is 5.81. The second kappa shape index (κ2) is 5.66. The average molecular weight is 222 g/mol. The number of ketones is 1. The van der Waals surface area contributed by atoms with Crippen LogP contribution in [0.4, 0.5) is 0 Å². The summed E-state index contributed by atoms with van der Waals surface area (Å²) in [6.45, 7) is 5.47. The lowest BCUT2D eigenvalue weighted by atomic mass is 10.1. The van der Waals surface area contributed by atoms with Crippen LogP contribution in [-0.2, 0) is 9.53 Å². The summed E-state index contributed by atoms with van der Waals surface area (Å²) >= 11 is 0. The Morgan fingerprint density at radius 1 is 1.19 bits per heavy atom. The monoisotopic (exact) mass is 222 g/mol. The molecule has 0 aliphatic heterocycles. The van der Waals surface area contributed by atoms with Gasteiger partial charge in [-0.2, -0.15) is 0 Å². The first-order valence-corrected chi connectivity index (χ1v) is 5.34. The molecule has 0 aromatic heterocycles. The fourth-order valence-electron chi connectivity index (χ4n) is 1.53. The number of Topliss-reactive ketones (excluding diaryl/α,β-unsaturated/α-hetero) is 1. The Labute approximate surface area is 96.4 Å². The first kappa shape index (κ1) is 12.7. The normalized spacial score (nSPS) is 12.6. The molecule has 0 aliphatic carbocycles. The van der Waals surface area contributed by atoms with E-state index in [-0.39, 0.29) is 11.9 Å². The molecule has 3 nitrogen and oxygen atoms in total. The fraction of sp³-hybridized carbons (Fsp3) is 0.462. The van der Waals surface area contributed by atoms with Crippen LogP contribution < -0.4 is 4.74 Å². The van der Waals surface area contributed by atoms with Gasteiger partial charge in [0.25, 0.3) is 0 Å². The zero-order chi connectivity index (χ0) is 12.1. The average Bonchev–Trinajstić information content (AvgIpc) is 2.20. The first-order valence-electron chi connectivity index (χ1n) is 5.34. The van der Waals surface area contributed by atoms with Crippen molar-refractivity contribution >= 4 is 5.78 Å². The number of hydrogen-bond acceptors (Lipinski definition) is 3. The van der Waals surface area contributed by atoms with Gasteiger partial charge in [-0.1, -0.05) is 12.1 Å². The number of ether oxygens (including phenoxy) is 2. The highest BCUT2D eigenvalue weighted by Crippen LogP contribution is 2.21. The molecule has 0 N–H and O–H groups in total. The zero-order valence-corrected chi connectivity index (χ0v) is 10.2. The number of rotatable bonds is 5. The molecule has 0 radical (unpaired) electrons. The number of methoxy groups -OCH3 is 1. The van der Waals surface area contributed by atoms with Crippen molar-refractivity contribution in [1.29, 1.82) is 0 Å². The summed E-state index contributed by atoms with van der Waals surface area (Å²) in [7, 11) is 1.53. The summed E-state index contributed by atoms with van der Waals surface area (Å²) in [5.74, 6) is 0.803. The van der Waals surface area contributed by atoms with Crippen LogP contribution in [0, 0.1) is 0 Å². The van der Waals surface area contributed by atoms with Crippen LogP contribution in [0.15, 0.2) is 24.3 Å². The predicted molar refractivity (Wildman–Crippen MR) is 62.6 cm³/mol. The van der Waals surface area contributed by atoms with Gasteiger partial charge in [-0.3, -0.25) is 4.79 Å². The molecule has 1 atom stereocenters. The molecule has 1 aromatic carbocycles. The maximum atomic E-state index is 11.3. The summed E-state index contributed by atoms with van der Waals surface area (Å²) in [5.41, 5.74) is 0.853. The number of benzene rings is 1. The quantitative estimate of drug-likeness (QED) is 0.768. The van der Waals surface area contributed by atoms with E-state index in [4.69, 9.17) is 9.47 Å². The molecule has 0 fully saturated rings. The van der Waals surface area contributed by atoms with E-state index in [0.717, 1.165) is 11.3 Å². The topological polar surface area (TPSA) is 35.5 Å². The molecule has 0 spiro atoms. The van der Waals surface area contributed by atoms with Gasteiger partial charge in [0.15, 0.2) is 5.78 Å². The van der Waals surface area contributed by atoms with E-state index in [0.29, 0.717) is 0 Å². The van der Waals surface area contributed by atoms with E-state index < -0.39 is 6.10 Å². The lowest BCUT2D eigenvalue weighted by Gasteiger charge is -2.14. The Morgan fingerprint density at radius 3 is 2.12 bits per heavy atom. The summed E-state index contributed by atoms with van der Waals surface area (Å²) in [6, 6.07) is 7.41. The van der Waals surface area contributed by atoms with Gasteiger partial charge in [-0.25, -0.2) is 0 Å². The third-order valence-corrected chi connectivity index (χ3v) is 2.16. The molecule has 3 heteroatoms. The summed E-state index contributed by atoms with van der Waals surface area (Å²) in [5, 5.41) is 0. The highest BCUT2D eigenvalue weighted by atomic mass is 16.5. The van der Waals surface area contributed by atoms with Crippen LogP contribution in [0.2, 0.25) is 0 Å². The van der Waals surface area contributed by atoms with Crippen molar-refractivity contribution < 1.29 is 14.3 Å². The van der Waals surface area contributed by atoms with Gasteiger partial charge in [0.05, 0.1) is 6.10 Å². The zero-order valence-electron chi connectivity index (χ0n) is 10.2. The van der Waals surface area contributed by atoms with E-state index in [1.807, 2.05) is 38.1 Å². The SMILES string of the molecule is COC(C(C)=O)c1ccc(OC(C)C)cc1. The molecule has 0 aliphatic rings. The number of carbonyl (C=O) groups excluding carboxylic acids is 1. The second-order valence-electron chi connectivity index (χ2n) is 3.96. The van der Waals surface area contributed by atoms with Crippen molar-refractivity contribution in [2.24, 2.45) is 0 Å². The third kappa shape index (κ3) is 3.35. The van der Waals surface area contributed by atoms with Crippen LogP contribution in [0.3, 0.4) is 0 Å².